The molecule has 1 aliphatic heterocycles. The van der Waals surface area contributed by atoms with Crippen LogP contribution in [-0.4, -0.2) is 61.2 Å². The lowest BCUT2D eigenvalue weighted by molar-refractivity contribution is -0.129. The van der Waals surface area contributed by atoms with Gasteiger partial charge in [0.25, 0.3) is 0 Å². The van der Waals surface area contributed by atoms with E-state index in [1.165, 1.54) is 0 Å². The molecule has 0 bridgehead atoms. The molecule has 2 aromatic rings. The average molecular weight is 357 g/mol. The number of nitrogens with zero attached hydrogens (tertiary/aromatic N) is 4. The highest BCUT2D eigenvalue weighted by Gasteiger charge is 2.20. The summed E-state index contributed by atoms with van der Waals surface area (Å²) in [5, 5.41) is 3.26. The molecule has 1 aliphatic rings. The summed E-state index contributed by atoms with van der Waals surface area (Å²) in [4.78, 5) is 24.3. The van der Waals surface area contributed by atoms with E-state index in [1.54, 1.807) is 33.4 Å². The zero-order valence-corrected chi connectivity index (χ0v) is 15.2. The molecule has 26 heavy (non-hydrogen) atoms. The summed E-state index contributed by atoms with van der Waals surface area (Å²) < 4.78 is 10.7. The third-order valence-corrected chi connectivity index (χ3v) is 4.32. The Morgan fingerprint density at radius 1 is 1.12 bits per heavy atom. The van der Waals surface area contributed by atoms with Gasteiger partial charge in [-0.15, -0.1) is 0 Å². The van der Waals surface area contributed by atoms with Gasteiger partial charge in [-0.1, -0.05) is 0 Å². The standard InChI is InChI=1S/C18H23N5O3/c1-13(24)22-8-10-23(11-9-22)18-19-7-6-17(21-18)20-15-12-14(25-2)4-5-16(15)26-3/h4-7,12H,8-11H2,1-3H3,(H,19,20,21). The normalized spacial score (nSPS) is 14.1. The van der Waals surface area contributed by atoms with Crippen molar-refractivity contribution in [3.63, 3.8) is 0 Å². The Balaban J connectivity index is 1.75. The maximum Gasteiger partial charge on any atom is 0.227 e. The molecular formula is C18H23N5O3. The summed E-state index contributed by atoms with van der Waals surface area (Å²) in [6, 6.07) is 7.33. The monoisotopic (exact) mass is 357 g/mol. The van der Waals surface area contributed by atoms with E-state index in [9.17, 15) is 4.79 Å². The second-order valence-electron chi connectivity index (χ2n) is 5.93. The fourth-order valence-electron chi connectivity index (χ4n) is 2.84. The zero-order valence-electron chi connectivity index (χ0n) is 15.2. The Morgan fingerprint density at radius 2 is 1.88 bits per heavy atom. The van der Waals surface area contributed by atoms with Gasteiger partial charge in [-0.05, 0) is 18.2 Å². The van der Waals surface area contributed by atoms with Gasteiger partial charge >= 0.3 is 0 Å². The number of carbonyl (C=O) groups excluding carboxylic acids is 1. The molecule has 1 amide bonds. The first kappa shape index (κ1) is 17.8. The molecule has 1 N–H and O–H groups in total. The van der Waals surface area contributed by atoms with Crippen molar-refractivity contribution in [3.8, 4) is 11.5 Å². The SMILES string of the molecule is COc1ccc(OC)c(Nc2ccnc(N3CCN(C(C)=O)CC3)n2)c1. The molecule has 138 valence electrons. The van der Waals surface area contributed by atoms with E-state index in [4.69, 9.17) is 9.47 Å². The molecule has 8 nitrogen and oxygen atoms in total. The number of hydrogen-bond donors (Lipinski definition) is 1. The van der Waals surface area contributed by atoms with E-state index >= 15 is 0 Å². The van der Waals surface area contributed by atoms with E-state index in [1.807, 2.05) is 23.1 Å². The largest absolute Gasteiger partial charge is 0.497 e. The molecule has 0 radical (unpaired) electrons. The molecule has 1 aromatic carbocycles. The van der Waals surface area contributed by atoms with Crippen LogP contribution in [0.25, 0.3) is 0 Å². The number of hydrogen-bond acceptors (Lipinski definition) is 7. The van der Waals surface area contributed by atoms with Gasteiger partial charge < -0.3 is 24.6 Å². The number of ether oxygens (including phenoxy) is 2. The first-order valence-corrected chi connectivity index (χ1v) is 8.43. The topological polar surface area (TPSA) is 79.8 Å². The number of anilines is 3. The first-order chi connectivity index (χ1) is 12.6. The van der Waals surface area contributed by atoms with Crippen molar-refractivity contribution >= 4 is 23.4 Å². The number of benzene rings is 1. The number of aromatic nitrogens is 2. The van der Waals surface area contributed by atoms with Crippen LogP contribution in [0.15, 0.2) is 30.5 Å². The molecule has 8 heteroatoms. The van der Waals surface area contributed by atoms with Gasteiger partial charge in [0.1, 0.15) is 17.3 Å². The van der Waals surface area contributed by atoms with Crippen LogP contribution < -0.4 is 19.7 Å². The summed E-state index contributed by atoms with van der Waals surface area (Å²) in [5.41, 5.74) is 0.762. The highest BCUT2D eigenvalue weighted by atomic mass is 16.5. The van der Waals surface area contributed by atoms with E-state index in [0.717, 1.165) is 11.4 Å². The van der Waals surface area contributed by atoms with Crippen molar-refractivity contribution < 1.29 is 14.3 Å². The van der Waals surface area contributed by atoms with Crippen molar-refractivity contribution in [1.82, 2.24) is 14.9 Å². The van der Waals surface area contributed by atoms with Crippen LogP contribution in [0, 0.1) is 0 Å². The van der Waals surface area contributed by atoms with Crippen LogP contribution in [0.5, 0.6) is 11.5 Å². The van der Waals surface area contributed by atoms with E-state index in [-0.39, 0.29) is 5.91 Å². The summed E-state index contributed by atoms with van der Waals surface area (Å²) in [5.74, 6) is 2.82. The molecule has 0 atom stereocenters. The highest BCUT2D eigenvalue weighted by molar-refractivity contribution is 5.73. The molecule has 1 aromatic heterocycles. The van der Waals surface area contributed by atoms with Gasteiger partial charge in [0.2, 0.25) is 11.9 Å². The van der Waals surface area contributed by atoms with Crippen LogP contribution in [0.3, 0.4) is 0 Å². The van der Waals surface area contributed by atoms with Crippen LogP contribution in [-0.2, 0) is 4.79 Å². The Hall–Kier alpha value is -3.03. The lowest BCUT2D eigenvalue weighted by Gasteiger charge is -2.34. The summed E-state index contributed by atoms with van der Waals surface area (Å²) in [7, 11) is 3.24. The number of nitrogens with one attached hydrogen (secondary N) is 1. The minimum Gasteiger partial charge on any atom is -0.497 e. The lowest BCUT2D eigenvalue weighted by Crippen LogP contribution is -2.48. The fraction of sp³-hybridized carbons (Fsp3) is 0.389. The number of methoxy groups -OCH3 is 2. The van der Waals surface area contributed by atoms with Gasteiger partial charge in [-0.3, -0.25) is 4.79 Å². The predicted octanol–water partition coefficient (Wildman–Crippen LogP) is 1.91. The van der Waals surface area contributed by atoms with Crippen LogP contribution in [0.1, 0.15) is 6.92 Å². The summed E-state index contributed by atoms with van der Waals surface area (Å²) in [6.45, 7) is 4.38. The van der Waals surface area contributed by atoms with Crippen molar-refractivity contribution in [2.75, 3.05) is 50.6 Å². The summed E-state index contributed by atoms with van der Waals surface area (Å²) >= 11 is 0. The fourth-order valence-corrected chi connectivity index (χ4v) is 2.84. The van der Waals surface area contributed by atoms with Gasteiger partial charge in [0.15, 0.2) is 0 Å². The molecule has 0 aliphatic carbocycles. The Bertz CT molecular complexity index is 775. The molecule has 0 unspecified atom stereocenters. The average Bonchev–Trinajstić information content (AvgIpc) is 2.68. The van der Waals surface area contributed by atoms with E-state index in [0.29, 0.717) is 43.7 Å². The molecule has 3 rings (SSSR count). The van der Waals surface area contributed by atoms with E-state index in [2.05, 4.69) is 20.2 Å². The van der Waals surface area contributed by atoms with Gasteiger partial charge in [0.05, 0.1) is 19.9 Å². The molecule has 2 heterocycles. The second kappa shape index (κ2) is 7.90. The van der Waals surface area contributed by atoms with Crippen LogP contribution in [0.4, 0.5) is 17.5 Å². The molecule has 0 saturated carbocycles. The van der Waals surface area contributed by atoms with Crippen LogP contribution in [0.2, 0.25) is 0 Å². The molecule has 1 fully saturated rings. The number of carbonyl (C=O) groups is 1. The molecular weight excluding hydrogens is 334 g/mol. The van der Waals surface area contributed by atoms with Gasteiger partial charge in [-0.2, -0.15) is 4.98 Å². The predicted molar refractivity (Wildman–Crippen MR) is 99.3 cm³/mol. The minimum absolute atomic E-state index is 0.103. The second-order valence-corrected chi connectivity index (χ2v) is 5.93. The number of amides is 1. The third-order valence-electron chi connectivity index (χ3n) is 4.32. The van der Waals surface area contributed by atoms with E-state index < -0.39 is 0 Å². The Kier molecular flexibility index (Phi) is 5.40. The van der Waals surface area contributed by atoms with Crippen LogP contribution >= 0.6 is 0 Å². The van der Waals surface area contributed by atoms with Crippen molar-refractivity contribution in [2.24, 2.45) is 0 Å². The Morgan fingerprint density at radius 3 is 2.54 bits per heavy atom. The van der Waals surface area contributed by atoms with Gasteiger partial charge in [0, 0.05) is 45.4 Å². The molecule has 1 saturated heterocycles. The zero-order chi connectivity index (χ0) is 18.5. The van der Waals surface area contributed by atoms with Gasteiger partial charge in [-0.25, -0.2) is 4.98 Å². The first-order valence-electron chi connectivity index (χ1n) is 8.43. The van der Waals surface area contributed by atoms with Crippen molar-refractivity contribution in [1.29, 1.82) is 0 Å². The third kappa shape index (κ3) is 3.96. The minimum atomic E-state index is 0.103. The maximum atomic E-state index is 11.5. The molecule has 0 spiro atoms. The lowest BCUT2D eigenvalue weighted by atomic mass is 10.2. The van der Waals surface area contributed by atoms with Crippen molar-refractivity contribution in [2.45, 2.75) is 6.92 Å². The smallest absolute Gasteiger partial charge is 0.227 e. The van der Waals surface area contributed by atoms with Crippen molar-refractivity contribution in [3.05, 3.63) is 30.5 Å². The number of rotatable bonds is 5. The highest BCUT2D eigenvalue weighted by Crippen LogP contribution is 2.31. The quantitative estimate of drug-likeness (QED) is 0.875. The summed E-state index contributed by atoms with van der Waals surface area (Å²) in [6.07, 6.45) is 1.72. The number of piperazine rings is 1. The Labute approximate surface area is 152 Å². The maximum absolute atomic E-state index is 11.5.